The maximum atomic E-state index is 13.8. The summed E-state index contributed by atoms with van der Waals surface area (Å²) in [6.07, 6.45) is 5.71. The smallest absolute Gasteiger partial charge is 0.122 e. The third-order valence-corrected chi connectivity index (χ3v) is 5.85. The van der Waals surface area contributed by atoms with Crippen molar-refractivity contribution in [2.75, 3.05) is 6.54 Å². The average Bonchev–Trinajstić information content (AvgIpc) is 2.62. The summed E-state index contributed by atoms with van der Waals surface area (Å²) in [5.41, 5.74) is 8.38. The molecule has 1 aromatic carbocycles. The first-order valence-electron chi connectivity index (χ1n) is 9.49. The molecule has 1 aliphatic rings. The number of alkyl halides is 1. The molecule has 0 fully saturated rings. The molecule has 0 spiro atoms. The molecule has 1 aliphatic heterocycles. The Hall–Kier alpha value is -2.10. The second-order valence-corrected chi connectivity index (χ2v) is 7.63. The highest BCUT2D eigenvalue weighted by atomic mass is 19.1. The molecule has 1 heterocycles. The topological polar surface area (TPSA) is 61.9 Å². The first-order valence-corrected chi connectivity index (χ1v) is 9.49. The molecule has 0 aromatic heterocycles. The van der Waals surface area contributed by atoms with Gasteiger partial charge < -0.3 is 11.1 Å². The summed E-state index contributed by atoms with van der Waals surface area (Å²) in [5, 5.41) is 11.1. The number of benzene rings is 1. The standard InChI is InChI=1S/C22H32FN3/c1-14-13-26-11-10-18(22(24)25)8-9-21(15(14)2)16(3)19-6-5-7-20(12-19)17(4)23/h5-8,10-12,14-17,21,26H,9,13H2,1-4H3,(H3,24,25)/b11-10-,18-8+. The van der Waals surface area contributed by atoms with Gasteiger partial charge in [-0.1, -0.05) is 51.1 Å². The molecule has 4 heteroatoms. The highest BCUT2D eigenvalue weighted by molar-refractivity contribution is 5.97. The number of nitrogens with two attached hydrogens (primary N) is 1. The second-order valence-electron chi connectivity index (χ2n) is 7.63. The highest BCUT2D eigenvalue weighted by Crippen LogP contribution is 2.37. The zero-order chi connectivity index (χ0) is 19.3. The third-order valence-electron chi connectivity index (χ3n) is 5.85. The molecule has 0 saturated heterocycles. The number of amidine groups is 1. The van der Waals surface area contributed by atoms with Crippen molar-refractivity contribution >= 4 is 5.84 Å². The van der Waals surface area contributed by atoms with E-state index in [1.807, 2.05) is 30.5 Å². The number of rotatable bonds is 4. The van der Waals surface area contributed by atoms with Crippen molar-refractivity contribution in [1.29, 1.82) is 5.41 Å². The Morgan fingerprint density at radius 3 is 2.62 bits per heavy atom. The van der Waals surface area contributed by atoms with Crippen LogP contribution in [0.5, 0.6) is 0 Å². The molecule has 0 aliphatic carbocycles. The van der Waals surface area contributed by atoms with E-state index in [0.29, 0.717) is 23.7 Å². The highest BCUT2D eigenvalue weighted by Gasteiger charge is 2.28. The van der Waals surface area contributed by atoms with Gasteiger partial charge in [-0.3, -0.25) is 5.41 Å². The third kappa shape index (κ3) is 4.96. The van der Waals surface area contributed by atoms with E-state index in [1.165, 1.54) is 5.56 Å². The summed E-state index contributed by atoms with van der Waals surface area (Å²) >= 11 is 0. The van der Waals surface area contributed by atoms with Crippen LogP contribution in [0.25, 0.3) is 0 Å². The molecule has 0 amide bonds. The number of allylic oxidation sites excluding steroid dienone is 1. The van der Waals surface area contributed by atoms with Crippen molar-refractivity contribution in [3.63, 3.8) is 0 Å². The molecule has 2 rings (SSSR count). The van der Waals surface area contributed by atoms with Crippen LogP contribution in [0.2, 0.25) is 0 Å². The number of hydrogen-bond donors (Lipinski definition) is 3. The van der Waals surface area contributed by atoms with Gasteiger partial charge in [0, 0.05) is 12.1 Å². The Morgan fingerprint density at radius 1 is 1.27 bits per heavy atom. The molecule has 26 heavy (non-hydrogen) atoms. The Bertz CT molecular complexity index is 678. The summed E-state index contributed by atoms with van der Waals surface area (Å²) in [6.45, 7) is 9.25. The SMILES string of the molecule is CC(F)c1cccc(C(C)C2C/C=C(C(=N)N)\C=C/NCC(C)C2C)c1. The van der Waals surface area contributed by atoms with Gasteiger partial charge in [-0.15, -0.1) is 0 Å². The fourth-order valence-electron chi connectivity index (χ4n) is 3.75. The van der Waals surface area contributed by atoms with Crippen molar-refractivity contribution in [1.82, 2.24) is 5.32 Å². The molecule has 142 valence electrons. The van der Waals surface area contributed by atoms with Crippen molar-refractivity contribution in [3.05, 3.63) is 59.3 Å². The van der Waals surface area contributed by atoms with E-state index in [4.69, 9.17) is 11.1 Å². The van der Waals surface area contributed by atoms with Gasteiger partial charge in [0.25, 0.3) is 0 Å². The fraction of sp³-hybridized carbons (Fsp3) is 0.500. The van der Waals surface area contributed by atoms with E-state index in [1.54, 1.807) is 6.92 Å². The van der Waals surface area contributed by atoms with E-state index in [-0.39, 0.29) is 5.84 Å². The van der Waals surface area contributed by atoms with Gasteiger partial charge in [-0.2, -0.15) is 0 Å². The summed E-state index contributed by atoms with van der Waals surface area (Å²) < 4.78 is 13.8. The number of hydrogen-bond acceptors (Lipinski definition) is 2. The maximum Gasteiger partial charge on any atom is 0.122 e. The first-order chi connectivity index (χ1) is 12.3. The van der Waals surface area contributed by atoms with Crippen molar-refractivity contribution in [2.24, 2.45) is 23.5 Å². The fourth-order valence-corrected chi connectivity index (χ4v) is 3.75. The van der Waals surface area contributed by atoms with Crippen LogP contribution in [0.3, 0.4) is 0 Å². The van der Waals surface area contributed by atoms with E-state index in [0.717, 1.165) is 24.1 Å². The molecule has 0 radical (unpaired) electrons. The van der Waals surface area contributed by atoms with Gasteiger partial charge in [-0.25, -0.2) is 4.39 Å². The van der Waals surface area contributed by atoms with Crippen LogP contribution in [-0.4, -0.2) is 12.4 Å². The minimum absolute atomic E-state index is 0.0870. The summed E-state index contributed by atoms with van der Waals surface area (Å²) in [4.78, 5) is 0. The molecule has 0 bridgehead atoms. The van der Waals surface area contributed by atoms with Gasteiger partial charge in [-0.05, 0) is 60.4 Å². The van der Waals surface area contributed by atoms with E-state index in [9.17, 15) is 4.39 Å². The van der Waals surface area contributed by atoms with Gasteiger partial charge in [0.1, 0.15) is 12.0 Å². The van der Waals surface area contributed by atoms with Crippen LogP contribution in [0.4, 0.5) is 4.39 Å². The molecule has 0 saturated carbocycles. The Balaban J connectivity index is 2.35. The monoisotopic (exact) mass is 357 g/mol. The van der Waals surface area contributed by atoms with E-state index in [2.05, 4.69) is 38.2 Å². The minimum atomic E-state index is -0.957. The van der Waals surface area contributed by atoms with Crippen LogP contribution in [0.15, 0.2) is 48.2 Å². The van der Waals surface area contributed by atoms with Gasteiger partial charge in [0.15, 0.2) is 0 Å². The van der Waals surface area contributed by atoms with E-state index >= 15 is 0 Å². The Kier molecular flexibility index (Phi) is 7.01. The quantitative estimate of drug-likeness (QED) is 0.520. The lowest BCUT2D eigenvalue weighted by molar-refractivity contribution is 0.231. The lowest BCUT2D eigenvalue weighted by Gasteiger charge is -2.34. The summed E-state index contributed by atoms with van der Waals surface area (Å²) in [6, 6.07) is 7.90. The molecular formula is C22H32FN3. The van der Waals surface area contributed by atoms with Crippen LogP contribution < -0.4 is 11.1 Å². The lowest BCUT2D eigenvalue weighted by atomic mass is 9.72. The lowest BCUT2D eigenvalue weighted by Crippen LogP contribution is -2.30. The van der Waals surface area contributed by atoms with Gasteiger partial charge in [0.2, 0.25) is 0 Å². The Labute approximate surface area is 157 Å². The average molecular weight is 358 g/mol. The summed E-state index contributed by atoms with van der Waals surface area (Å²) in [5.74, 6) is 1.74. The minimum Gasteiger partial charge on any atom is -0.391 e. The van der Waals surface area contributed by atoms with Crippen LogP contribution >= 0.6 is 0 Å². The van der Waals surface area contributed by atoms with Crippen LogP contribution in [0, 0.1) is 23.2 Å². The largest absolute Gasteiger partial charge is 0.391 e. The zero-order valence-corrected chi connectivity index (χ0v) is 16.3. The molecule has 5 unspecified atom stereocenters. The van der Waals surface area contributed by atoms with Crippen LogP contribution in [-0.2, 0) is 0 Å². The summed E-state index contributed by atoms with van der Waals surface area (Å²) in [7, 11) is 0. The molecule has 5 atom stereocenters. The predicted molar refractivity (Wildman–Crippen MR) is 108 cm³/mol. The molecule has 3 nitrogen and oxygen atoms in total. The number of nitrogens with one attached hydrogen (secondary N) is 2. The molecule has 1 aromatic rings. The zero-order valence-electron chi connectivity index (χ0n) is 16.3. The number of halogens is 1. The van der Waals surface area contributed by atoms with E-state index < -0.39 is 6.17 Å². The maximum absolute atomic E-state index is 13.8. The van der Waals surface area contributed by atoms with Crippen molar-refractivity contribution < 1.29 is 4.39 Å². The van der Waals surface area contributed by atoms with Crippen molar-refractivity contribution in [2.45, 2.75) is 46.2 Å². The van der Waals surface area contributed by atoms with Gasteiger partial charge >= 0.3 is 0 Å². The van der Waals surface area contributed by atoms with Crippen molar-refractivity contribution in [3.8, 4) is 0 Å². The first kappa shape index (κ1) is 20.2. The van der Waals surface area contributed by atoms with Crippen LogP contribution in [0.1, 0.15) is 57.3 Å². The normalized spacial score (nSPS) is 29.6. The van der Waals surface area contributed by atoms with Gasteiger partial charge in [0.05, 0.1) is 0 Å². The second kappa shape index (κ2) is 9.02. The molecular weight excluding hydrogens is 325 g/mol. The predicted octanol–water partition coefficient (Wildman–Crippen LogP) is 5.08. The molecule has 4 N–H and O–H groups in total. The Morgan fingerprint density at radius 2 is 1.96 bits per heavy atom.